The van der Waals surface area contributed by atoms with E-state index in [2.05, 4.69) is 83.6 Å². The van der Waals surface area contributed by atoms with Crippen LogP contribution in [-0.2, 0) is 13.0 Å². The van der Waals surface area contributed by atoms with Gasteiger partial charge in [-0.2, -0.15) is 0 Å². The topological polar surface area (TPSA) is 68.7 Å². The van der Waals surface area contributed by atoms with Crippen LogP contribution in [0.25, 0.3) is 0 Å². The van der Waals surface area contributed by atoms with Gasteiger partial charge in [0.25, 0.3) is 0 Å². The smallest absolute Gasteiger partial charge is 0.337 e. The van der Waals surface area contributed by atoms with Crippen LogP contribution in [0.5, 0.6) is 0 Å². The van der Waals surface area contributed by atoms with Crippen molar-refractivity contribution in [1.82, 2.24) is 9.88 Å². The monoisotopic (exact) mass is 418 g/mol. The Balaban J connectivity index is 0.000000210. The molecule has 6 heteroatoms. The van der Waals surface area contributed by atoms with Gasteiger partial charge < -0.3 is 20.2 Å². The van der Waals surface area contributed by atoms with Gasteiger partial charge >= 0.3 is 5.97 Å². The molecule has 0 saturated carbocycles. The second-order valence-electron chi connectivity index (χ2n) is 7.81. The number of pyridine rings is 1. The Morgan fingerprint density at radius 1 is 1.10 bits per heavy atom. The van der Waals surface area contributed by atoms with E-state index in [4.69, 9.17) is 5.11 Å². The molecule has 2 N–H and O–H groups in total. The van der Waals surface area contributed by atoms with Crippen LogP contribution in [0.3, 0.4) is 0 Å². The summed E-state index contributed by atoms with van der Waals surface area (Å²) in [6.07, 6.45) is 4.08. The van der Waals surface area contributed by atoms with Crippen LogP contribution in [0.4, 0.5) is 17.1 Å². The fourth-order valence-electron chi connectivity index (χ4n) is 3.59. The first-order valence-electron chi connectivity index (χ1n) is 10.3. The fourth-order valence-corrected chi connectivity index (χ4v) is 3.59. The Labute approximate surface area is 184 Å². The second kappa shape index (κ2) is 10.1. The van der Waals surface area contributed by atoms with Crippen molar-refractivity contribution >= 4 is 23.0 Å². The molecule has 0 atom stereocenters. The first-order valence-corrected chi connectivity index (χ1v) is 10.3. The van der Waals surface area contributed by atoms with Crippen LogP contribution in [0.1, 0.15) is 27.0 Å². The SMILES string of the molecule is CNc1cnccc1C(=O)O.Cc1ccc(N(C)c2ccc3c(c2)CCN(C)C3)cc1. The third-order valence-electron chi connectivity index (χ3n) is 5.52. The van der Waals surface area contributed by atoms with Crippen LogP contribution < -0.4 is 10.2 Å². The molecular weight excluding hydrogens is 388 g/mol. The summed E-state index contributed by atoms with van der Waals surface area (Å²) in [5, 5.41) is 11.4. The number of likely N-dealkylation sites (N-methyl/N-ethyl adjacent to an activating group) is 1. The van der Waals surface area contributed by atoms with Gasteiger partial charge in [-0.05, 0) is 61.9 Å². The zero-order chi connectivity index (χ0) is 22.4. The van der Waals surface area contributed by atoms with E-state index in [1.165, 1.54) is 46.5 Å². The number of hydrogen-bond acceptors (Lipinski definition) is 5. The highest BCUT2D eigenvalue weighted by molar-refractivity contribution is 5.93. The van der Waals surface area contributed by atoms with Crippen LogP contribution in [-0.4, -0.2) is 48.6 Å². The molecule has 4 rings (SSSR count). The van der Waals surface area contributed by atoms with E-state index in [1.807, 2.05) is 0 Å². The number of aromatic carboxylic acids is 1. The number of nitrogens with zero attached hydrogens (tertiary/aromatic N) is 3. The standard InChI is InChI=1S/C18H22N2.C7H8N2O2/c1-14-4-7-17(8-5-14)20(3)18-9-6-16-13-19(2)11-10-15(16)12-18;1-8-6-4-9-3-2-5(6)7(10)11/h4-9,12H,10-11,13H2,1-3H3;2-4,8H,1H3,(H,10,11). The Kier molecular flexibility index (Phi) is 7.26. The van der Waals surface area contributed by atoms with Crippen molar-refractivity contribution in [2.45, 2.75) is 19.9 Å². The van der Waals surface area contributed by atoms with Gasteiger partial charge in [-0.25, -0.2) is 4.79 Å². The largest absolute Gasteiger partial charge is 0.478 e. The van der Waals surface area contributed by atoms with Crippen molar-refractivity contribution < 1.29 is 9.90 Å². The lowest BCUT2D eigenvalue weighted by molar-refractivity contribution is 0.0698. The number of anilines is 3. The van der Waals surface area contributed by atoms with Crippen molar-refractivity contribution in [2.75, 3.05) is 37.9 Å². The van der Waals surface area contributed by atoms with E-state index in [-0.39, 0.29) is 5.56 Å². The van der Waals surface area contributed by atoms with Gasteiger partial charge in [0.1, 0.15) is 0 Å². The minimum absolute atomic E-state index is 0.238. The van der Waals surface area contributed by atoms with E-state index < -0.39 is 5.97 Å². The summed E-state index contributed by atoms with van der Waals surface area (Å²) in [4.78, 5) is 18.9. The minimum atomic E-state index is -0.947. The second-order valence-corrected chi connectivity index (χ2v) is 7.81. The Morgan fingerprint density at radius 3 is 2.45 bits per heavy atom. The highest BCUT2D eigenvalue weighted by Gasteiger charge is 2.14. The molecule has 0 saturated heterocycles. The summed E-state index contributed by atoms with van der Waals surface area (Å²) in [6.45, 7) is 4.35. The van der Waals surface area contributed by atoms with Crippen molar-refractivity contribution in [1.29, 1.82) is 0 Å². The molecule has 0 spiro atoms. The maximum atomic E-state index is 10.5. The summed E-state index contributed by atoms with van der Waals surface area (Å²) in [5.74, 6) is -0.947. The number of carbonyl (C=O) groups is 1. The molecule has 2 heterocycles. The first kappa shape index (κ1) is 22.3. The average Bonchev–Trinajstić information content (AvgIpc) is 2.79. The average molecular weight is 419 g/mol. The van der Waals surface area contributed by atoms with Gasteiger partial charge in [0.05, 0.1) is 17.4 Å². The number of carboxylic acid groups (broad SMARTS) is 1. The molecule has 0 aliphatic carbocycles. The number of fused-ring (bicyclic) bond motifs is 1. The number of nitrogens with one attached hydrogen (secondary N) is 1. The summed E-state index contributed by atoms with van der Waals surface area (Å²) in [7, 11) is 5.99. The summed E-state index contributed by atoms with van der Waals surface area (Å²) in [6, 6.07) is 17.0. The van der Waals surface area contributed by atoms with E-state index in [9.17, 15) is 4.79 Å². The molecule has 3 aromatic rings. The fraction of sp³-hybridized carbons (Fsp3) is 0.280. The van der Waals surface area contributed by atoms with Crippen molar-refractivity contribution in [3.63, 3.8) is 0 Å². The van der Waals surface area contributed by atoms with Crippen molar-refractivity contribution in [2.24, 2.45) is 0 Å². The third-order valence-corrected chi connectivity index (χ3v) is 5.52. The molecule has 1 aromatic heterocycles. The number of hydrogen-bond donors (Lipinski definition) is 2. The number of benzene rings is 2. The number of aryl methyl sites for hydroxylation is 1. The quantitative estimate of drug-likeness (QED) is 0.647. The first-order chi connectivity index (χ1) is 14.9. The Bertz CT molecular complexity index is 1030. The van der Waals surface area contributed by atoms with Crippen LogP contribution in [0.2, 0.25) is 0 Å². The summed E-state index contributed by atoms with van der Waals surface area (Å²) >= 11 is 0. The lowest BCUT2D eigenvalue weighted by Gasteiger charge is -2.27. The van der Waals surface area contributed by atoms with E-state index in [0.29, 0.717) is 5.69 Å². The van der Waals surface area contributed by atoms with Gasteiger partial charge in [-0.1, -0.05) is 23.8 Å². The van der Waals surface area contributed by atoms with Gasteiger partial charge in [0, 0.05) is 44.8 Å². The lowest BCUT2D eigenvalue weighted by Crippen LogP contribution is -2.26. The molecule has 0 bridgehead atoms. The maximum Gasteiger partial charge on any atom is 0.337 e. The Morgan fingerprint density at radius 2 is 1.81 bits per heavy atom. The van der Waals surface area contributed by atoms with Crippen LogP contribution >= 0.6 is 0 Å². The van der Waals surface area contributed by atoms with Gasteiger partial charge in [0.2, 0.25) is 0 Å². The highest BCUT2D eigenvalue weighted by atomic mass is 16.4. The van der Waals surface area contributed by atoms with Gasteiger partial charge in [-0.3, -0.25) is 4.98 Å². The zero-order valence-electron chi connectivity index (χ0n) is 18.6. The van der Waals surface area contributed by atoms with Crippen LogP contribution in [0.15, 0.2) is 60.9 Å². The Hall–Kier alpha value is -3.38. The van der Waals surface area contributed by atoms with Gasteiger partial charge in [0.15, 0.2) is 0 Å². The zero-order valence-corrected chi connectivity index (χ0v) is 18.6. The number of aromatic nitrogens is 1. The van der Waals surface area contributed by atoms with Crippen molar-refractivity contribution in [3.05, 3.63) is 83.2 Å². The number of rotatable bonds is 4. The molecule has 162 valence electrons. The molecule has 0 amide bonds. The molecule has 1 aliphatic heterocycles. The summed E-state index contributed by atoms with van der Waals surface area (Å²) in [5.41, 5.74) is 7.55. The third kappa shape index (κ3) is 5.61. The molecule has 0 unspecified atom stereocenters. The maximum absolute atomic E-state index is 10.5. The van der Waals surface area contributed by atoms with E-state index in [1.54, 1.807) is 7.05 Å². The molecular formula is C25H30N4O2. The van der Waals surface area contributed by atoms with E-state index in [0.717, 1.165) is 19.5 Å². The molecule has 0 fully saturated rings. The molecule has 0 radical (unpaired) electrons. The lowest BCUT2D eigenvalue weighted by atomic mass is 9.99. The molecule has 2 aromatic carbocycles. The molecule has 31 heavy (non-hydrogen) atoms. The highest BCUT2D eigenvalue weighted by Crippen LogP contribution is 2.28. The summed E-state index contributed by atoms with van der Waals surface area (Å²) < 4.78 is 0. The van der Waals surface area contributed by atoms with Crippen LogP contribution in [0, 0.1) is 6.92 Å². The van der Waals surface area contributed by atoms with E-state index >= 15 is 0 Å². The molecule has 6 nitrogen and oxygen atoms in total. The predicted molar refractivity (Wildman–Crippen MR) is 126 cm³/mol. The minimum Gasteiger partial charge on any atom is -0.478 e. The molecule has 1 aliphatic rings. The number of carboxylic acids is 1. The normalized spacial score (nSPS) is 12.9. The van der Waals surface area contributed by atoms with Crippen molar-refractivity contribution in [3.8, 4) is 0 Å². The predicted octanol–water partition coefficient (Wildman–Crippen LogP) is 4.57. The van der Waals surface area contributed by atoms with Gasteiger partial charge in [-0.15, -0.1) is 0 Å².